The highest BCUT2D eigenvalue weighted by Gasteiger charge is 2.19. The zero-order valence-corrected chi connectivity index (χ0v) is 11.6. The van der Waals surface area contributed by atoms with Crippen LogP contribution in [0.25, 0.3) is 0 Å². The maximum Gasteiger partial charge on any atom is 0.163 e. The maximum atomic E-state index is 11.5. The number of ketones is 1. The van der Waals surface area contributed by atoms with Crippen LogP contribution in [0.3, 0.4) is 0 Å². The number of rotatable bonds is 5. The van der Waals surface area contributed by atoms with Gasteiger partial charge in [-0.1, -0.05) is 0 Å². The molecule has 0 radical (unpaired) electrons. The molecule has 0 spiro atoms. The average Bonchev–Trinajstić information content (AvgIpc) is 2.51. The molecule has 1 heterocycles. The number of carbonyl (C=O) groups is 1. The molecule has 1 aromatic heterocycles. The molecule has 0 bridgehead atoms. The summed E-state index contributed by atoms with van der Waals surface area (Å²) >= 11 is 0. The van der Waals surface area contributed by atoms with Crippen molar-refractivity contribution in [1.82, 2.24) is 9.78 Å². The van der Waals surface area contributed by atoms with Crippen LogP contribution in [0.15, 0.2) is 0 Å². The third-order valence-corrected chi connectivity index (χ3v) is 3.21. The van der Waals surface area contributed by atoms with Crippen molar-refractivity contribution in [2.75, 3.05) is 7.11 Å². The Kier molecular flexibility index (Phi) is 4.09. The molecule has 1 rings (SSSR count). The Morgan fingerprint density at radius 2 is 2.00 bits per heavy atom. The number of carbonyl (C=O) groups excluding carboxylic acids is 1. The summed E-state index contributed by atoms with van der Waals surface area (Å²) in [6.07, 6.45) is 0.864. The molecule has 96 valence electrons. The number of Topliss-reactive ketones (excluding diaryl/α,β-unsaturated/α-hetero) is 1. The summed E-state index contributed by atoms with van der Waals surface area (Å²) in [6, 6.07) is 0. The molecule has 0 atom stereocenters. The Bertz CT molecular complexity index is 419. The summed E-state index contributed by atoms with van der Waals surface area (Å²) in [5, 5.41) is 4.41. The first-order valence-electron chi connectivity index (χ1n) is 5.88. The Balaban J connectivity index is 2.87. The van der Waals surface area contributed by atoms with Crippen LogP contribution in [0.4, 0.5) is 0 Å². The summed E-state index contributed by atoms with van der Waals surface area (Å²) in [4.78, 5) is 11.5. The molecule has 0 aliphatic carbocycles. The molecular weight excluding hydrogens is 216 g/mol. The second kappa shape index (κ2) is 5.00. The summed E-state index contributed by atoms with van der Waals surface area (Å²) < 4.78 is 7.27. The number of aryl methyl sites for hydroxylation is 2. The minimum absolute atomic E-state index is 0.0808. The lowest BCUT2D eigenvalue weighted by Crippen LogP contribution is -2.25. The first kappa shape index (κ1) is 13.9. The predicted octanol–water partition coefficient (Wildman–Crippen LogP) is 2.52. The number of hydrogen-bond acceptors (Lipinski definition) is 3. The quantitative estimate of drug-likeness (QED) is 0.740. The molecule has 4 heteroatoms. The molecule has 0 N–H and O–H groups in total. The van der Waals surface area contributed by atoms with E-state index in [2.05, 4.69) is 5.10 Å². The first-order chi connectivity index (χ1) is 7.78. The monoisotopic (exact) mass is 238 g/mol. The summed E-state index contributed by atoms with van der Waals surface area (Å²) in [7, 11) is 1.71. The fourth-order valence-corrected chi connectivity index (χ4v) is 1.90. The van der Waals surface area contributed by atoms with Crippen molar-refractivity contribution in [2.24, 2.45) is 0 Å². The van der Waals surface area contributed by atoms with Crippen molar-refractivity contribution in [3.63, 3.8) is 0 Å². The van der Waals surface area contributed by atoms with E-state index in [9.17, 15) is 4.79 Å². The molecule has 1 aromatic rings. The number of methoxy groups -OCH3 is 1. The van der Waals surface area contributed by atoms with Crippen molar-refractivity contribution >= 4 is 5.78 Å². The topological polar surface area (TPSA) is 44.1 Å². The molecule has 0 amide bonds. The standard InChI is InChI=1S/C13H22N2O2/c1-9-12(11(3)16)10(2)15(14-9)8-7-13(4,5)17-6/h7-8H2,1-6H3. The van der Waals surface area contributed by atoms with E-state index in [1.54, 1.807) is 14.0 Å². The highest BCUT2D eigenvalue weighted by Crippen LogP contribution is 2.18. The van der Waals surface area contributed by atoms with Gasteiger partial charge in [0.2, 0.25) is 0 Å². The third-order valence-electron chi connectivity index (χ3n) is 3.21. The molecule has 0 aromatic carbocycles. The maximum absolute atomic E-state index is 11.5. The van der Waals surface area contributed by atoms with Crippen LogP contribution in [-0.4, -0.2) is 28.3 Å². The molecule has 17 heavy (non-hydrogen) atoms. The predicted molar refractivity (Wildman–Crippen MR) is 67.4 cm³/mol. The van der Waals surface area contributed by atoms with Gasteiger partial charge in [-0.25, -0.2) is 0 Å². The van der Waals surface area contributed by atoms with Crippen molar-refractivity contribution in [2.45, 2.75) is 53.2 Å². The van der Waals surface area contributed by atoms with Crippen LogP contribution < -0.4 is 0 Å². The van der Waals surface area contributed by atoms with E-state index in [0.717, 1.165) is 29.9 Å². The van der Waals surface area contributed by atoms with Crippen LogP contribution in [0, 0.1) is 13.8 Å². The average molecular weight is 238 g/mol. The van der Waals surface area contributed by atoms with Crippen molar-refractivity contribution in [3.8, 4) is 0 Å². The van der Waals surface area contributed by atoms with E-state index < -0.39 is 0 Å². The lowest BCUT2D eigenvalue weighted by Gasteiger charge is -2.22. The summed E-state index contributed by atoms with van der Waals surface area (Å²) in [6.45, 7) is 10.3. The molecule has 0 saturated heterocycles. The van der Waals surface area contributed by atoms with Gasteiger partial charge < -0.3 is 4.74 Å². The largest absolute Gasteiger partial charge is 0.379 e. The normalized spacial score (nSPS) is 11.9. The van der Waals surface area contributed by atoms with Gasteiger partial charge in [0.25, 0.3) is 0 Å². The smallest absolute Gasteiger partial charge is 0.163 e. The number of hydrogen-bond donors (Lipinski definition) is 0. The summed E-state index contributed by atoms with van der Waals surface area (Å²) in [5.74, 6) is 0.0808. The van der Waals surface area contributed by atoms with Crippen LogP contribution in [0.5, 0.6) is 0 Å². The molecule has 0 aliphatic rings. The van der Waals surface area contributed by atoms with E-state index in [1.807, 2.05) is 32.4 Å². The lowest BCUT2D eigenvalue weighted by molar-refractivity contribution is 0.0112. The molecule has 4 nitrogen and oxygen atoms in total. The van der Waals surface area contributed by atoms with Crippen LogP contribution in [-0.2, 0) is 11.3 Å². The van der Waals surface area contributed by atoms with E-state index in [1.165, 1.54) is 0 Å². The van der Waals surface area contributed by atoms with E-state index >= 15 is 0 Å². The van der Waals surface area contributed by atoms with Gasteiger partial charge in [-0.3, -0.25) is 9.48 Å². The molecule has 0 aliphatic heterocycles. The molecule has 0 unspecified atom stereocenters. The fourth-order valence-electron chi connectivity index (χ4n) is 1.90. The number of aromatic nitrogens is 2. The van der Waals surface area contributed by atoms with E-state index in [0.29, 0.717) is 0 Å². The zero-order valence-electron chi connectivity index (χ0n) is 11.6. The van der Waals surface area contributed by atoms with Crippen LogP contribution in [0.1, 0.15) is 48.9 Å². The van der Waals surface area contributed by atoms with Gasteiger partial charge in [0, 0.05) is 19.3 Å². The number of nitrogens with zero attached hydrogens (tertiary/aromatic N) is 2. The van der Waals surface area contributed by atoms with Gasteiger partial charge >= 0.3 is 0 Å². The number of ether oxygens (including phenoxy) is 1. The van der Waals surface area contributed by atoms with Crippen LogP contribution in [0.2, 0.25) is 0 Å². The van der Waals surface area contributed by atoms with Gasteiger partial charge in [-0.2, -0.15) is 5.10 Å². The van der Waals surface area contributed by atoms with Crippen molar-refractivity contribution in [3.05, 3.63) is 17.0 Å². The van der Waals surface area contributed by atoms with Crippen molar-refractivity contribution in [1.29, 1.82) is 0 Å². The Morgan fingerprint density at radius 1 is 1.41 bits per heavy atom. The second-order valence-corrected chi connectivity index (χ2v) is 5.04. The van der Waals surface area contributed by atoms with Gasteiger partial charge in [-0.05, 0) is 41.0 Å². The Hall–Kier alpha value is -1.16. The Morgan fingerprint density at radius 3 is 2.41 bits per heavy atom. The van der Waals surface area contributed by atoms with Crippen LogP contribution >= 0.6 is 0 Å². The van der Waals surface area contributed by atoms with E-state index in [4.69, 9.17) is 4.74 Å². The molecule has 0 fully saturated rings. The highest BCUT2D eigenvalue weighted by molar-refractivity contribution is 5.96. The van der Waals surface area contributed by atoms with Gasteiger partial charge in [0.1, 0.15) is 0 Å². The first-order valence-corrected chi connectivity index (χ1v) is 5.88. The lowest BCUT2D eigenvalue weighted by atomic mass is 10.1. The minimum Gasteiger partial charge on any atom is -0.379 e. The van der Waals surface area contributed by atoms with E-state index in [-0.39, 0.29) is 11.4 Å². The van der Waals surface area contributed by atoms with Gasteiger partial charge in [0.15, 0.2) is 5.78 Å². The molecular formula is C13H22N2O2. The SMILES string of the molecule is COC(C)(C)CCn1nc(C)c(C(C)=O)c1C. The minimum atomic E-state index is -0.164. The summed E-state index contributed by atoms with van der Waals surface area (Å²) in [5.41, 5.74) is 2.34. The molecule has 0 saturated carbocycles. The highest BCUT2D eigenvalue weighted by atomic mass is 16.5. The van der Waals surface area contributed by atoms with Gasteiger partial charge in [0.05, 0.1) is 16.9 Å². The fraction of sp³-hybridized carbons (Fsp3) is 0.692. The van der Waals surface area contributed by atoms with Crippen molar-refractivity contribution < 1.29 is 9.53 Å². The Labute approximate surface area is 103 Å². The van der Waals surface area contributed by atoms with Gasteiger partial charge in [-0.15, -0.1) is 0 Å². The zero-order chi connectivity index (χ0) is 13.2. The second-order valence-electron chi connectivity index (χ2n) is 5.04. The third kappa shape index (κ3) is 3.16.